The average molecular weight is 453 g/mol. The van der Waals surface area contributed by atoms with Gasteiger partial charge >= 0.3 is 11.9 Å². The monoisotopic (exact) mass is 452 g/mol. The topological polar surface area (TPSA) is 52.6 Å². The van der Waals surface area contributed by atoms with Crippen LogP contribution in [0.25, 0.3) is 0 Å². The fourth-order valence-corrected chi connectivity index (χ4v) is 4.84. The molecule has 0 aliphatic heterocycles. The van der Waals surface area contributed by atoms with E-state index in [1.54, 1.807) is 0 Å². The van der Waals surface area contributed by atoms with Crippen LogP contribution < -0.4 is 0 Å². The molecule has 0 saturated heterocycles. The largest absolute Gasteiger partial charge is 0.465 e. The van der Waals surface area contributed by atoms with Crippen molar-refractivity contribution in [2.24, 2.45) is 0 Å². The highest BCUT2D eigenvalue weighted by Crippen LogP contribution is 2.36. The molecular weight excluding hydrogens is 412 g/mol. The van der Waals surface area contributed by atoms with Crippen LogP contribution in [0.5, 0.6) is 0 Å². The van der Waals surface area contributed by atoms with Gasteiger partial charge in [-0.15, -0.1) is 0 Å². The highest BCUT2D eigenvalue weighted by Gasteiger charge is 2.30. The minimum absolute atomic E-state index is 0.0247. The zero-order chi connectivity index (χ0) is 24.2. The Morgan fingerprint density at radius 2 is 0.939 bits per heavy atom. The zero-order valence-corrected chi connectivity index (χ0v) is 20.8. The summed E-state index contributed by atoms with van der Waals surface area (Å²) in [7, 11) is 0. The first-order valence-corrected chi connectivity index (χ1v) is 12.4. The van der Waals surface area contributed by atoms with E-state index in [0.29, 0.717) is 13.2 Å². The van der Waals surface area contributed by atoms with E-state index < -0.39 is 11.9 Å². The maximum Gasteiger partial charge on any atom is 0.317 e. The molecule has 0 aromatic heterocycles. The standard InChI is InChI=1S/C29H40O4/c1-5-28(6-2,24-15-11-9-12-16-24)19-21-32-26(30)23-27(31)33-22-20-29(7-3,8-4)25-17-13-10-14-18-25/h9-18H,5-8,19-23H2,1-4H3. The van der Waals surface area contributed by atoms with E-state index in [1.165, 1.54) is 11.1 Å². The molecule has 180 valence electrons. The number of carbonyl (C=O) groups excluding carboxylic acids is 2. The van der Waals surface area contributed by atoms with Crippen molar-refractivity contribution in [1.29, 1.82) is 0 Å². The molecule has 0 saturated carbocycles. The lowest BCUT2D eigenvalue weighted by Crippen LogP contribution is -2.28. The van der Waals surface area contributed by atoms with Crippen molar-refractivity contribution < 1.29 is 19.1 Å². The fourth-order valence-electron chi connectivity index (χ4n) is 4.84. The van der Waals surface area contributed by atoms with E-state index in [4.69, 9.17) is 9.47 Å². The molecule has 33 heavy (non-hydrogen) atoms. The van der Waals surface area contributed by atoms with Gasteiger partial charge in [-0.2, -0.15) is 0 Å². The molecule has 2 rings (SSSR count). The number of ether oxygens (including phenoxy) is 2. The van der Waals surface area contributed by atoms with Gasteiger partial charge in [-0.05, 0) is 60.5 Å². The summed E-state index contributed by atoms with van der Waals surface area (Å²) in [6.07, 6.45) is 4.98. The molecule has 0 spiro atoms. The van der Waals surface area contributed by atoms with Gasteiger partial charge in [0, 0.05) is 0 Å². The molecule has 0 fully saturated rings. The highest BCUT2D eigenvalue weighted by molar-refractivity contribution is 5.91. The lowest BCUT2D eigenvalue weighted by atomic mass is 9.73. The Balaban J connectivity index is 1.80. The van der Waals surface area contributed by atoms with Crippen molar-refractivity contribution in [3.05, 3.63) is 71.8 Å². The summed E-state index contributed by atoms with van der Waals surface area (Å²) in [6, 6.07) is 20.7. The van der Waals surface area contributed by atoms with E-state index in [-0.39, 0.29) is 17.3 Å². The summed E-state index contributed by atoms with van der Waals surface area (Å²) in [5, 5.41) is 0. The van der Waals surface area contributed by atoms with E-state index in [9.17, 15) is 9.59 Å². The molecule has 2 aromatic rings. The summed E-state index contributed by atoms with van der Waals surface area (Å²) in [5.41, 5.74) is 2.48. The summed E-state index contributed by atoms with van der Waals surface area (Å²) in [5.74, 6) is -1.04. The van der Waals surface area contributed by atoms with Crippen LogP contribution in [0.3, 0.4) is 0 Å². The third-order valence-electron chi connectivity index (χ3n) is 7.46. The van der Waals surface area contributed by atoms with E-state index in [0.717, 1.165) is 38.5 Å². The Labute approximate surface area is 199 Å². The SMILES string of the molecule is CCC(CC)(CCOC(=O)CC(=O)OCCC(CC)(CC)c1ccccc1)c1ccccc1. The Morgan fingerprint density at radius 3 is 1.24 bits per heavy atom. The van der Waals surface area contributed by atoms with Crippen LogP contribution in [0.1, 0.15) is 83.8 Å². The Kier molecular flexibility index (Phi) is 10.6. The second-order valence-corrected chi connectivity index (χ2v) is 8.82. The lowest BCUT2D eigenvalue weighted by molar-refractivity contribution is -0.155. The maximum atomic E-state index is 12.2. The van der Waals surface area contributed by atoms with E-state index in [1.807, 2.05) is 36.4 Å². The van der Waals surface area contributed by atoms with E-state index in [2.05, 4.69) is 52.0 Å². The lowest BCUT2D eigenvalue weighted by Gasteiger charge is -2.32. The first kappa shape index (κ1) is 26.6. The van der Waals surface area contributed by atoms with Crippen LogP contribution in [0.4, 0.5) is 0 Å². The minimum Gasteiger partial charge on any atom is -0.465 e. The second-order valence-electron chi connectivity index (χ2n) is 8.82. The molecule has 0 amide bonds. The molecule has 2 aromatic carbocycles. The van der Waals surface area contributed by atoms with Crippen molar-refractivity contribution in [3.8, 4) is 0 Å². The molecule has 0 aliphatic carbocycles. The minimum atomic E-state index is -0.519. The third kappa shape index (κ3) is 7.18. The summed E-state index contributed by atoms with van der Waals surface area (Å²) >= 11 is 0. The van der Waals surface area contributed by atoms with Crippen LogP contribution in [-0.4, -0.2) is 25.2 Å². The molecule has 0 bridgehead atoms. The Hall–Kier alpha value is -2.62. The number of carbonyl (C=O) groups is 2. The van der Waals surface area contributed by atoms with Crippen LogP contribution in [0.2, 0.25) is 0 Å². The first-order valence-electron chi connectivity index (χ1n) is 12.4. The zero-order valence-electron chi connectivity index (χ0n) is 20.8. The van der Waals surface area contributed by atoms with Gasteiger partial charge in [-0.25, -0.2) is 0 Å². The molecule has 0 heterocycles. The molecule has 4 heteroatoms. The van der Waals surface area contributed by atoms with Crippen LogP contribution >= 0.6 is 0 Å². The fraction of sp³-hybridized carbons (Fsp3) is 0.517. The van der Waals surface area contributed by atoms with Crippen LogP contribution in [0.15, 0.2) is 60.7 Å². The van der Waals surface area contributed by atoms with Gasteiger partial charge in [-0.1, -0.05) is 88.4 Å². The summed E-state index contributed by atoms with van der Waals surface area (Å²) < 4.78 is 10.8. The molecule has 0 N–H and O–H groups in total. The molecule has 0 atom stereocenters. The normalized spacial score (nSPS) is 11.8. The maximum absolute atomic E-state index is 12.2. The number of hydrogen-bond donors (Lipinski definition) is 0. The van der Waals surface area contributed by atoms with Gasteiger partial charge in [0.05, 0.1) is 13.2 Å². The van der Waals surface area contributed by atoms with Gasteiger partial charge in [0.15, 0.2) is 0 Å². The Bertz CT molecular complexity index is 765. The highest BCUT2D eigenvalue weighted by atomic mass is 16.6. The number of hydrogen-bond acceptors (Lipinski definition) is 4. The van der Waals surface area contributed by atoms with Gasteiger partial charge in [0.2, 0.25) is 0 Å². The molecular formula is C29H40O4. The van der Waals surface area contributed by atoms with Crippen molar-refractivity contribution in [2.75, 3.05) is 13.2 Å². The van der Waals surface area contributed by atoms with Crippen molar-refractivity contribution in [1.82, 2.24) is 0 Å². The van der Waals surface area contributed by atoms with E-state index >= 15 is 0 Å². The Morgan fingerprint density at radius 1 is 0.606 bits per heavy atom. The van der Waals surface area contributed by atoms with Gasteiger partial charge in [0.1, 0.15) is 6.42 Å². The molecule has 4 nitrogen and oxygen atoms in total. The molecule has 0 aliphatic rings. The van der Waals surface area contributed by atoms with Gasteiger partial charge in [0.25, 0.3) is 0 Å². The van der Waals surface area contributed by atoms with Crippen molar-refractivity contribution in [2.45, 2.75) is 83.5 Å². The van der Waals surface area contributed by atoms with Gasteiger partial charge in [-0.3, -0.25) is 9.59 Å². The average Bonchev–Trinajstić information content (AvgIpc) is 2.86. The third-order valence-corrected chi connectivity index (χ3v) is 7.46. The van der Waals surface area contributed by atoms with Crippen LogP contribution in [0, 0.1) is 0 Å². The molecule has 0 radical (unpaired) electrons. The van der Waals surface area contributed by atoms with Crippen LogP contribution in [-0.2, 0) is 29.9 Å². The number of rotatable bonds is 14. The van der Waals surface area contributed by atoms with Gasteiger partial charge < -0.3 is 9.47 Å². The second kappa shape index (κ2) is 13.2. The predicted octanol–water partition coefficient (Wildman–Crippen LogP) is 6.76. The van der Waals surface area contributed by atoms with Crippen molar-refractivity contribution in [3.63, 3.8) is 0 Å². The smallest absolute Gasteiger partial charge is 0.317 e. The molecule has 0 unspecified atom stereocenters. The number of benzene rings is 2. The summed E-state index contributed by atoms with van der Waals surface area (Å²) in [6.45, 7) is 9.25. The predicted molar refractivity (Wildman–Crippen MR) is 133 cm³/mol. The summed E-state index contributed by atoms with van der Waals surface area (Å²) in [4.78, 5) is 24.4. The first-order chi connectivity index (χ1) is 15.9. The number of esters is 2. The van der Waals surface area contributed by atoms with Crippen molar-refractivity contribution >= 4 is 11.9 Å². The quantitative estimate of drug-likeness (QED) is 0.235.